The zero-order chi connectivity index (χ0) is 22.9. The third-order valence-electron chi connectivity index (χ3n) is 5.87. The van der Waals surface area contributed by atoms with Crippen molar-refractivity contribution in [1.82, 2.24) is 19.6 Å². The van der Waals surface area contributed by atoms with E-state index in [0.717, 1.165) is 45.8 Å². The Morgan fingerprint density at radius 2 is 1.23 bits per heavy atom. The van der Waals surface area contributed by atoms with Crippen LogP contribution < -0.4 is 0 Å². The van der Waals surface area contributed by atoms with Gasteiger partial charge in [-0.25, -0.2) is 0 Å². The lowest BCUT2D eigenvalue weighted by Gasteiger charge is -2.33. The van der Waals surface area contributed by atoms with Crippen molar-refractivity contribution >= 4 is 11.9 Å². The standard InChI is InChI=1S/C22H44N4O5/c1-3-4-5-6-8-23-10-12-24(9-7-21(27)28)14-16-26(20-22(29)30)17-15-25(13-11-23)18-19-31-2/h3-20H2,1-2H3,(H,27,28)(H,29,30). The molecule has 0 bridgehead atoms. The molecule has 0 saturated carbocycles. The minimum Gasteiger partial charge on any atom is -0.481 e. The van der Waals surface area contributed by atoms with Crippen LogP contribution in [0.5, 0.6) is 0 Å². The summed E-state index contributed by atoms with van der Waals surface area (Å²) in [5.41, 5.74) is 0. The minimum absolute atomic E-state index is 0.00837. The molecule has 2 N–H and O–H groups in total. The fraction of sp³-hybridized carbons (Fsp3) is 0.909. The third kappa shape index (κ3) is 14.4. The van der Waals surface area contributed by atoms with Crippen LogP contribution in [0.3, 0.4) is 0 Å². The second kappa shape index (κ2) is 17.3. The monoisotopic (exact) mass is 444 g/mol. The quantitative estimate of drug-likeness (QED) is 0.403. The van der Waals surface area contributed by atoms with Gasteiger partial charge in [0.15, 0.2) is 0 Å². The summed E-state index contributed by atoms with van der Waals surface area (Å²) in [4.78, 5) is 31.4. The molecule has 0 radical (unpaired) electrons. The summed E-state index contributed by atoms with van der Waals surface area (Å²) in [5, 5.41) is 18.4. The maximum absolute atomic E-state index is 11.3. The molecule has 1 heterocycles. The molecular weight excluding hydrogens is 400 g/mol. The zero-order valence-corrected chi connectivity index (χ0v) is 19.6. The Morgan fingerprint density at radius 3 is 1.71 bits per heavy atom. The van der Waals surface area contributed by atoms with Crippen LogP contribution in [0, 0.1) is 0 Å². The topological polar surface area (TPSA) is 96.8 Å². The van der Waals surface area contributed by atoms with Gasteiger partial charge in [-0.2, -0.15) is 0 Å². The summed E-state index contributed by atoms with van der Waals surface area (Å²) in [6, 6.07) is 0. The molecule has 31 heavy (non-hydrogen) atoms. The second-order valence-corrected chi connectivity index (χ2v) is 8.39. The maximum Gasteiger partial charge on any atom is 0.317 e. The minimum atomic E-state index is -0.828. The number of ether oxygens (including phenoxy) is 1. The van der Waals surface area contributed by atoms with Crippen LogP contribution in [0.2, 0.25) is 0 Å². The predicted molar refractivity (Wildman–Crippen MR) is 122 cm³/mol. The van der Waals surface area contributed by atoms with Gasteiger partial charge in [0.1, 0.15) is 0 Å². The number of rotatable bonds is 13. The molecule has 0 aromatic rings. The van der Waals surface area contributed by atoms with Gasteiger partial charge in [0, 0.05) is 72.6 Å². The second-order valence-electron chi connectivity index (χ2n) is 8.39. The SMILES string of the molecule is CCCCCCN1CCN(CCOC)CCN(CC(=O)O)CCN(CCC(=O)O)CC1. The summed E-state index contributed by atoms with van der Waals surface area (Å²) in [6.07, 6.45) is 5.03. The molecule has 1 fully saturated rings. The summed E-state index contributed by atoms with van der Waals surface area (Å²) in [7, 11) is 1.71. The molecule has 9 nitrogen and oxygen atoms in total. The van der Waals surface area contributed by atoms with Crippen molar-refractivity contribution in [3.05, 3.63) is 0 Å². The Hall–Kier alpha value is -1.26. The van der Waals surface area contributed by atoms with E-state index in [0.29, 0.717) is 32.8 Å². The van der Waals surface area contributed by atoms with E-state index in [-0.39, 0.29) is 13.0 Å². The number of methoxy groups -OCH3 is 1. The van der Waals surface area contributed by atoms with Gasteiger partial charge in [-0.3, -0.25) is 19.4 Å². The molecule has 0 atom stereocenters. The van der Waals surface area contributed by atoms with Crippen LogP contribution in [0.15, 0.2) is 0 Å². The Balaban J connectivity index is 2.80. The highest BCUT2D eigenvalue weighted by molar-refractivity contribution is 5.69. The van der Waals surface area contributed by atoms with Crippen LogP contribution in [-0.2, 0) is 14.3 Å². The average Bonchev–Trinajstić information content (AvgIpc) is 2.72. The van der Waals surface area contributed by atoms with Crippen molar-refractivity contribution in [3.63, 3.8) is 0 Å². The van der Waals surface area contributed by atoms with Gasteiger partial charge in [-0.15, -0.1) is 0 Å². The Labute approximate surface area is 187 Å². The molecular formula is C22H44N4O5. The first kappa shape index (κ1) is 27.8. The average molecular weight is 445 g/mol. The van der Waals surface area contributed by atoms with Crippen LogP contribution in [0.25, 0.3) is 0 Å². The molecule has 1 saturated heterocycles. The number of unbranched alkanes of at least 4 members (excludes halogenated alkanes) is 3. The molecule has 0 amide bonds. The van der Waals surface area contributed by atoms with Gasteiger partial charge < -0.3 is 24.7 Å². The van der Waals surface area contributed by atoms with E-state index in [2.05, 4.69) is 21.6 Å². The van der Waals surface area contributed by atoms with Gasteiger partial charge in [0.05, 0.1) is 19.6 Å². The first-order chi connectivity index (χ1) is 14.9. The predicted octanol–water partition coefficient (Wildman–Crippen LogP) is 0.994. The van der Waals surface area contributed by atoms with Crippen molar-refractivity contribution in [2.75, 3.05) is 92.3 Å². The van der Waals surface area contributed by atoms with Gasteiger partial charge in [-0.1, -0.05) is 26.2 Å². The number of aliphatic carboxylic acids is 2. The van der Waals surface area contributed by atoms with Crippen LogP contribution >= 0.6 is 0 Å². The van der Waals surface area contributed by atoms with Crippen molar-refractivity contribution in [2.24, 2.45) is 0 Å². The molecule has 1 rings (SSSR count). The number of carboxylic acids is 2. The highest BCUT2D eigenvalue weighted by Crippen LogP contribution is 2.05. The highest BCUT2D eigenvalue weighted by Gasteiger charge is 2.18. The van der Waals surface area contributed by atoms with E-state index < -0.39 is 11.9 Å². The Morgan fingerprint density at radius 1 is 0.710 bits per heavy atom. The lowest BCUT2D eigenvalue weighted by molar-refractivity contribution is -0.138. The molecule has 0 unspecified atom stereocenters. The van der Waals surface area contributed by atoms with Crippen molar-refractivity contribution in [1.29, 1.82) is 0 Å². The van der Waals surface area contributed by atoms with E-state index >= 15 is 0 Å². The Kier molecular flexibility index (Phi) is 15.5. The number of nitrogens with zero attached hydrogens (tertiary/aromatic N) is 4. The molecule has 182 valence electrons. The maximum atomic E-state index is 11.3. The van der Waals surface area contributed by atoms with Crippen LogP contribution in [-0.4, -0.2) is 134 Å². The lowest BCUT2D eigenvalue weighted by atomic mass is 10.2. The molecule has 0 spiro atoms. The highest BCUT2D eigenvalue weighted by atomic mass is 16.5. The van der Waals surface area contributed by atoms with E-state index in [1.807, 2.05) is 4.90 Å². The largest absolute Gasteiger partial charge is 0.481 e. The summed E-state index contributed by atoms with van der Waals surface area (Å²) in [6.45, 7) is 11.7. The third-order valence-corrected chi connectivity index (χ3v) is 5.87. The van der Waals surface area contributed by atoms with Crippen molar-refractivity contribution in [3.8, 4) is 0 Å². The lowest BCUT2D eigenvalue weighted by Crippen LogP contribution is -2.47. The molecule has 0 aliphatic carbocycles. The van der Waals surface area contributed by atoms with Crippen molar-refractivity contribution < 1.29 is 24.5 Å². The fourth-order valence-electron chi connectivity index (χ4n) is 3.84. The first-order valence-electron chi connectivity index (χ1n) is 11.8. The van der Waals surface area contributed by atoms with Crippen LogP contribution in [0.1, 0.15) is 39.0 Å². The molecule has 1 aliphatic heterocycles. The van der Waals surface area contributed by atoms with E-state index in [1.165, 1.54) is 25.7 Å². The van der Waals surface area contributed by atoms with E-state index in [1.54, 1.807) is 7.11 Å². The smallest absolute Gasteiger partial charge is 0.317 e. The zero-order valence-electron chi connectivity index (χ0n) is 19.6. The summed E-state index contributed by atoms with van der Waals surface area (Å²) in [5.74, 6) is -1.62. The van der Waals surface area contributed by atoms with Crippen LogP contribution in [0.4, 0.5) is 0 Å². The number of carbonyl (C=O) groups is 2. The first-order valence-corrected chi connectivity index (χ1v) is 11.8. The molecule has 1 aliphatic rings. The van der Waals surface area contributed by atoms with Gasteiger partial charge in [-0.05, 0) is 13.0 Å². The summed E-state index contributed by atoms with van der Waals surface area (Å²) < 4.78 is 5.27. The van der Waals surface area contributed by atoms with Crippen molar-refractivity contribution in [2.45, 2.75) is 39.0 Å². The molecule has 0 aromatic carbocycles. The molecule has 9 heteroatoms. The number of carboxylic acid groups (broad SMARTS) is 2. The Bertz CT molecular complexity index is 495. The number of hydrogen-bond acceptors (Lipinski definition) is 7. The fourth-order valence-corrected chi connectivity index (χ4v) is 3.84. The van der Waals surface area contributed by atoms with E-state index in [4.69, 9.17) is 9.84 Å². The normalized spacial score (nSPS) is 19.0. The van der Waals surface area contributed by atoms with Gasteiger partial charge >= 0.3 is 11.9 Å². The molecule has 0 aromatic heterocycles. The van der Waals surface area contributed by atoms with Gasteiger partial charge in [0.2, 0.25) is 0 Å². The number of hydrogen-bond donors (Lipinski definition) is 2. The summed E-state index contributed by atoms with van der Waals surface area (Å²) >= 11 is 0. The van der Waals surface area contributed by atoms with E-state index in [9.17, 15) is 14.7 Å². The van der Waals surface area contributed by atoms with Gasteiger partial charge in [0.25, 0.3) is 0 Å².